The van der Waals surface area contributed by atoms with Crippen LogP contribution < -0.4 is 20.7 Å². The normalized spacial score (nSPS) is 11.7. The van der Waals surface area contributed by atoms with Crippen molar-refractivity contribution in [2.24, 2.45) is 0 Å². The van der Waals surface area contributed by atoms with Crippen LogP contribution in [0.2, 0.25) is 0 Å². The molecule has 0 radical (unpaired) electrons. The van der Waals surface area contributed by atoms with Crippen LogP contribution in [0.5, 0.6) is 0 Å². The molecule has 214 valence electrons. The van der Waals surface area contributed by atoms with E-state index in [9.17, 15) is 0 Å². The Morgan fingerprint density at radius 2 is 0.956 bits per heavy atom. The van der Waals surface area contributed by atoms with E-state index in [4.69, 9.17) is 0 Å². The van der Waals surface area contributed by atoms with Crippen LogP contribution in [0.1, 0.15) is 5.56 Å². The smallest absolute Gasteiger partial charge is 0.179 e. The molecule has 1 aromatic heterocycles. The maximum atomic E-state index is 2.50. The van der Waals surface area contributed by atoms with E-state index in [1.54, 1.807) is 0 Å². The van der Waals surface area contributed by atoms with E-state index >= 15 is 0 Å². The van der Waals surface area contributed by atoms with E-state index < -0.39 is 8.07 Å². The van der Waals surface area contributed by atoms with Gasteiger partial charge in [-0.2, -0.15) is 0 Å². The first-order valence-corrected chi connectivity index (χ1v) is 17.6. The highest BCUT2D eigenvalue weighted by Crippen LogP contribution is 2.36. The summed E-state index contributed by atoms with van der Waals surface area (Å²) in [6, 6.07) is 67.3. The van der Waals surface area contributed by atoms with E-state index in [2.05, 4.69) is 193 Å². The highest BCUT2D eigenvalue weighted by Gasteiger charge is 2.41. The molecule has 0 spiro atoms. The first-order chi connectivity index (χ1) is 22.2. The minimum atomic E-state index is -2.65. The van der Waals surface area contributed by atoms with Crippen molar-refractivity contribution < 1.29 is 0 Å². The topological polar surface area (TPSA) is 4.93 Å². The van der Waals surface area contributed by atoms with Crippen molar-refractivity contribution in [1.29, 1.82) is 0 Å². The average Bonchev–Trinajstić information content (AvgIpc) is 3.44. The van der Waals surface area contributed by atoms with Crippen molar-refractivity contribution in [2.75, 3.05) is 0 Å². The molecule has 45 heavy (non-hydrogen) atoms. The highest BCUT2D eigenvalue weighted by molar-refractivity contribution is 7.20. The van der Waals surface area contributed by atoms with Crippen LogP contribution >= 0.6 is 0 Å². The van der Waals surface area contributed by atoms with Crippen LogP contribution in [0.4, 0.5) is 0 Å². The zero-order valence-electron chi connectivity index (χ0n) is 25.3. The van der Waals surface area contributed by atoms with E-state index in [1.807, 2.05) is 0 Å². The zero-order chi connectivity index (χ0) is 30.2. The Balaban J connectivity index is 1.46. The van der Waals surface area contributed by atoms with Crippen molar-refractivity contribution in [1.82, 2.24) is 4.57 Å². The van der Waals surface area contributed by atoms with Gasteiger partial charge in [-0.25, -0.2) is 0 Å². The lowest BCUT2D eigenvalue weighted by molar-refractivity contribution is 1.18. The summed E-state index contributed by atoms with van der Waals surface area (Å²) in [5.74, 6) is 0. The minimum Gasteiger partial charge on any atom is -0.309 e. The highest BCUT2D eigenvalue weighted by atomic mass is 28.3. The number of rotatable bonds is 6. The van der Waals surface area contributed by atoms with Gasteiger partial charge in [-0.15, -0.1) is 0 Å². The molecule has 8 aromatic rings. The zero-order valence-corrected chi connectivity index (χ0v) is 26.3. The van der Waals surface area contributed by atoms with E-state index in [0.29, 0.717) is 0 Å². The van der Waals surface area contributed by atoms with Crippen LogP contribution in [-0.2, 0) is 0 Å². The van der Waals surface area contributed by atoms with Crippen LogP contribution in [0.3, 0.4) is 0 Å². The van der Waals surface area contributed by atoms with Crippen molar-refractivity contribution in [2.45, 2.75) is 6.92 Å². The van der Waals surface area contributed by atoms with Gasteiger partial charge in [0.05, 0.1) is 16.7 Å². The Bertz CT molecular complexity index is 2170. The predicted octanol–water partition coefficient (Wildman–Crippen LogP) is 8.14. The second kappa shape index (κ2) is 11.2. The molecule has 1 nitrogen and oxygen atoms in total. The standard InChI is InChI=1S/C43H33NSi/c1-32-16-15-17-33(30-32)38-24-11-13-26-41(38)44-42-27-14-12-25-39(42)40-31-37(28-29-43(40)44)45(34-18-5-2-6-19-34,35-20-7-3-8-21-35)36-22-9-4-10-23-36/h2-31H,1H3. The molecule has 0 amide bonds. The fourth-order valence-corrected chi connectivity index (χ4v) is 12.0. The molecule has 0 atom stereocenters. The monoisotopic (exact) mass is 591 g/mol. The molecule has 0 N–H and O–H groups in total. The van der Waals surface area contributed by atoms with Crippen LogP contribution in [0, 0.1) is 6.92 Å². The minimum absolute atomic E-state index is 1.19. The predicted molar refractivity (Wildman–Crippen MR) is 195 cm³/mol. The number of para-hydroxylation sites is 2. The third-order valence-corrected chi connectivity index (χ3v) is 14.0. The number of fused-ring (bicyclic) bond motifs is 3. The molecular formula is C43H33NSi. The van der Waals surface area contributed by atoms with Crippen molar-refractivity contribution >= 4 is 50.6 Å². The molecule has 0 saturated carbocycles. The molecule has 0 unspecified atom stereocenters. The Morgan fingerprint density at radius 1 is 0.400 bits per heavy atom. The number of aryl methyl sites for hydroxylation is 1. The molecule has 0 aliphatic rings. The SMILES string of the molecule is Cc1cccc(-c2ccccc2-n2c3ccccc3c3cc([Si](c4ccccc4)(c4ccccc4)c4ccccc4)ccc32)c1. The molecule has 0 saturated heterocycles. The quantitative estimate of drug-likeness (QED) is 0.136. The molecule has 0 aliphatic carbocycles. The second-order valence-electron chi connectivity index (χ2n) is 11.8. The van der Waals surface area contributed by atoms with Gasteiger partial charge in [-0.1, -0.05) is 169 Å². The average molecular weight is 592 g/mol. The van der Waals surface area contributed by atoms with Crippen molar-refractivity contribution in [3.63, 3.8) is 0 Å². The molecule has 8 rings (SSSR count). The van der Waals surface area contributed by atoms with Gasteiger partial charge in [0.15, 0.2) is 8.07 Å². The van der Waals surface area contributed by atoms with Gasteiger partial charge in [0.2, 0.25) is 0 Å². The molecule has 0 bridgehead atoms. The lowest BCUT2D eigenvalue weighted by Crippen LogP contribution is -2.74. The summed E-state index contributed by atoms with van der Waals surface area (Å²) in [6.45, 7) is 2.16. The summed E-state index contributed by atoms with van der Waals surface area (Å²) >= 11 is 0. The Kier molecular flexibility index (Phi) is 6.78. The van der Waals surface area contributed by atoms with Crippen molar-refractivity contribution in [3.8, 4) is 16.8 Å². The summed E-state index contributed by atoms with van der Waals surface area (Å²) in [7, 11) is -2.65. The Morgan fingerprint density at radius 3 is 1.60 bits per heavy atom. The van der Waals surface area contributed by atoms with Gasteiger partial charge < -0.3 is 4.57 Å². The Hall–Kier alpha value is -5.44. The van der Waals surface area contributed by atoms with Crippen LogP contribution in [0.15, 0.2) is 182 Å². The number of aromatic nitrogens is 1. The molecule has 0 fully saturated rings. The summed E-state index contributed by atoms with van der Waals surface area (Å²) in [5, 5.41) is 8.08. The van der Waals surface area contributed by atoms with Gasteiger partial charge in [-0.05, 0) is 51.4 Å². The lowest BCUT2D eigenvalue weighted by Gasteiger charge is -2.34. The van der Waals surface area contributed by atoms with Gasteiger partial charge >= 0.3 is 0 Å². The summed E-state index contributed by atoms with van der Waals surface area (Å²) in [6.07, 6.45) is 0. The fraction of sp³-hybridized carbons (Fsp3) is 0.0233. The number of hydrogen-bond donors (Lipinski definition) is 0. The maximum Gasteiger partial charge on any atom is 0.179 e. The fourth-order valence-electron chi connectivity index (χ4n) is 7.26. The lowest BCUT2D eigenvalue weighted by atomic mass is 10.0. The third-order valence-electron chi connectivity index (χ3n) is 9.20. The summed E-state index contributed by atoms with van der Waals surface area (Å²) in [5.41, 5.74) is 7.36. The van der Waals surface area contributed by atoms with Gasteiger partial charge in [0.25, 0.3) is 0 Å². The first kappa shape index (κ1) is 27.1. The summed E-state index contributed by atoms with van der Waals surface area (Å²) < 4.78 is 2.46. The van der Waals surface area contributed by atoms with Crippen LogP contribution in [-0.4, -0.2) is 12.6 Å². The molecular weight excluding hydrogens is 559 g/mol. The van der Waals surface area contributed by atoms with E-state index in [-0.39, 0.29) is 0 Å². The number of hydrogen-bond acceptors (Lipinski definition) is 0. The van der Waals surface area contributed by atoms with Gasteiger partial charge in [0, 0.05) is 16.3 Å². The van der Waals surface area contributed by atoms with E-state index in [1.165, 1.54) is 64.9 Å². The van der Waals surface area contributed by atoms with Gasteiger partial charge in [0.1, 0.15) is 0 Å². The number of nitrogens with zero attached hydrogens (tertiary/aromatic N) is 1. The summed E-state index contributed by atoms with van der Waals surface area (Å²) in [4.78, 5) is 0. The maximum absolute atomic E-state index is 2.65. The largest absolute Gasteiger partial charge is 0.309 e. The van der Waals surface area contributed by atoms with Crippen LogP contribution in [0.25, 0.3) is 38.6 Å². The first-order valence-electron chi connectivity index (χ1n) is 15.6. The third kappa shape index (κ3) is 4.45. The molecule has 7 aromatic carbocycles. The van der Waals surface area contributed by atoms with Crippen molar-refractivity contribution in [3.05, 3.63) is 188 Å². The van der Waals surface area contributed by atoms with Gasteiger partial charge in [-0.3, -0.25) is 0 Å². The van der Waals surface area contributed by atoms with E-state index in [0.717, 1.165) is 0 Å². The molecule has 2 heteroatoms. The number of benzene rings is 7. The molecule has 1 heterocycles. The molecule has 0 aliphatic heterocycles. The second-order valence-corrected chi connectivity index (χ2v) is 15.6. The Labute approximate surface area is 265 Å².